The fourth-order valence-corrected chi connectivity index (χ4v) is 2.24. The van der Waals surface area contributed by atoms with Gasteiger partial charge in [0.05, 0.1) is 26.0 Å². The highest BCUT2D eigenvalue weighted by Crippen LogP contribution is 2.28. The van der Waals surface area contributed by atoms with Crippen LogP contribution in [0.1, 0.15) is 11.7 Å². The highest BCUT2D eigenvalue weighted by Gasteiger charge is 2.09. The molecule has 2 rings (SSSR count). The average molecular weight is 332 g/mol. The van der Waals surface area contributed by atoms with E-state index in [1.807, 2.05) is 42.5 Å². The molecule has 0 aromatic heterocycles. The summed E-state index contributed by atoms with van der Waals surface area (Å²) in [6.07, 6.45) is -0.631. The lowest BCUT2D eigenvalue weighted by atomic mass is 10.1. The van der Waals surface area contributed by atoms with Gasteiger partial charge in [-0.1, -0.05) is 30.3 Å². The van der Waals surface area contributed by atoms with Gasteiger partial charge in [-0.25, -0.2) is 0 Å². The second-order valence-corrected chi connectivity index (χ2v) is 5.24. The average Bonchev–Trinajstić information content (AvgIpc) is 2.60. The number of thiocarbonyl (C=S) groups is 1. The van der Waals surface area contributed by atoms with Crippen molar-refractivity contribution in [3.63, 3.8) is 0 Å². The summed E-state index contributed by atoms with van der Waals surface area (Å²) < 4.78 is 10.5. The van der Waals surface area contributed by atoms with Crippen molar-refractivity contribution in [2.45, 2.75) is 6.10 Å². The summed E-state index contributed by atoms with van der Waals surface area (Å²) in [6, 6.07) is 14.8. The van der Waals surface area contributed by atoms with Crippen molar-refractivity contribution >= 4 is 23.0 Å². The molecule has 0 amide bonds. The van der Waals surface area contributed by atoms with Gasteiger partial charge in [0.1, 0.15) is 11.5 Å². The Labute approximate surface area is 141 Å². The number of hydrogen-bond acceptors (Lipinski definition) is 4. The number of ether oxygens (including phenoxy) is 2. The first-order valence-corrected chi connectivity index (χ1v) is 7.54. The molecule has 0 saturated carbocycles. The minimum Gasteiger partial charge on any atom is -0.497 e. The monoisotopic (exact) mass is 332 g/mol. The van der Waals surface area contributed by atoms with Gasteiger partial charge in [0.25, 0.3) is 0 Å². The van der Waals surface area contributed by atoms with Crippen molar-refractivity contribution in [2.75, 3.05) is 26.1 Å². The molecule has 0 heterocycles. The van der Waals surface area contributed by atoms with E-state index in [9.17, 15) is 5.11 Å². The largest absolute Gasteiger partial charge is 0.497 e. The van der Waals surface area contributed by atoms with Crippen LogP contribution in [0.3, 0.4) is 0 Å². The number of methoxy groups -OCH3 is 2. The van der Waals surface area contributed by atoms with E-state index in [0.717, 1.165) is 11.3 Å². The van der Waals surface area contributed by atoms with Gasteiger partial charge in [0, 0.05) is 12.6 Å². The van der Waals surface area contributed by atoms with Gasteiger partial charge in [0.2, 0.25) is 0 Å². The van der Waals surface area contributed by atoms with Crippen LogP contribution in [0.15, 0.2) is 48.5 Å². The van der Waals surface area contributed by atoms with E-state index < -0.39 is 6.10 Å². The Morgan fingerprint density at radius 2 is 1.87 bits per heavy atom. The van der Waals surface area contributed by atoms with E-state index in [1.54, 1.807) is 20.3 Å². The van der Waals surface area contributed by atoms with Crippen molar-refractivity contribution in [1.82, 2.24) is 5.32 Å². The predicted molar refractivity (Wildman–Crippen MR) is 95.2 cm³/mol. The standard InChI is InChI=1S/C17H20N2O3S/c1-21-13-8-9-14(16(10-13)22-2)19-17(23)18-11-15(20)12-6-4-3-5-7-12/h3-10,15,20H,11H2,1-2H3,(H2,18,19,23)/t15-/m0/s1. The lowest BCUT2D eigenvalue weighted by Crippen LogP contribution is -2.32. The Morgan fingerprint density at radius 3 is 2.52 bits per heavy atom. The van der Waals surface area contributed by atoms with Crippen LogP contribution in [0.5, 0.6) is 11.5 Å². The summed E-state index contributed by atoms with van der Waals surface area (Å²) in [6.45, 7) is 0.314. The van der Waals surface area contributed by atoms with Crippen LogP contribution in [0.2, 0.25) is 0 Å². The minimum atomic E-state index is -0.631. The molecule has 0 fully saturated rings. The Bertz CT molecular complexity index is 650. The zero-order valence-corrected chi connectivity index (χ0v) is 13.9. The number of rotatable bonds is 6. The zero-order valence-electron chi connectivity index (χ0n) is 13.1. The molecule has 3 N–H and O–H groups in total. The molecular formula is C17H20N2O3S. The first kappa shape index (κ1) is 17.1. The summed E-state index contributed by atoms with van der Waals surface area (Å²) in [5.74, 6) is 1.32. The molecule has 1 atom stereocenters. The molecule has 0 radical (unpaired) electrons. The number of nitrogens with one attached hydrogen (secondary N) is 2. The summed E-state index contributed by atoms with van der Waals surface area (Å²) in [7, 11) is 3.18. The maximum Gasteiger partial charge on any atom is 0.170 e. The maximum atomic E-state index is 10.1. The molecule has 0 aliphatic rings. The normalized spacial score (nSPS) is 11.4. The minimum absolute atomic E-state index is 0.314. The lowest BCUT2D eigenvalue weighted by molar-refractivity contribution is 0.181. The number of aliphatic hydroxyl groups excluding tert-OH is 1. The molecule has 0 aliphatic heterocycles. The third kappa shape index (κ3) is 4.84. The van der Waals surface area contributed by atoms with Crippen LogP contribution < -0.4 is 20.1 Å². The van der Waals surface area contributed by atoms with Crippen LogP contribution in [-0.4, -0.2) is 31.0 Å². The van der Waals surface area contributed by atoms with Crippen molar-refractivity contribution in [2.24, 2.45) is 0 Å². The molecule has 0 saturated heterocycles. The van der Waals surface area contributed by atoms with Crippen molar-refractivity contribution in [3.05, 3.63) is 54.1 Å². The molecule has 0 spiro atoms. The zero-order chi connectivity index (χ0) is 16.7. The second kappa shape index (κ2) is 8.36. The van der Waals surface area contributed by atoms with E-state index >= 15 is 0 Å². The van der Waals surface area contributed by atoms with Crippen molar-refractivity contribution in [3.8, 4) is 11.5 Å². The Balaban J connectivity index is 1.92. The molecule has 122 valence electrons. The quantitative estimate of drug-likeness (QED) is 0.707. The van der Waals surface area contributed by atoms with E-state index in [1.165, 1.54) is 0 Å². The first-order valence-electron chi connectivity index (χ1n) is 7.14. The third-order valence-corrected chi connectivity index (χ3v) is 3.54. The second-order valence-electron chi connectivity index (χ2n) is 4.83. The predicted octanol–water partition coefficient (Wildman–Crippen LogP) is 2.72. The smallest absolute Gasteiger partial charge is 0.170 e. The van der Waals surface area contributed by atoms with Gasteiger partial charge in [-0.3, -0.25) is 0 Å². The number of aliphatic hydroxyl groups is 1. The molecule has 0 aliphatic carbocycles. The van der Waals surface area contributed by atoms with Crippen LogP contribution >= 0.6 is 12.2 Å². The summed E-state index contributed by atoms with van der Waals surface area (Å²) in [4.78, 5) is 0. The molecule has 2 aromatic carbocycles. The lowest BCUT2D eigenvalue weighted by Gasteiger charge is -2.16. The highest BCUT2D eigenvalue weighted by molar-refractivity contribution is 7.80. The summed E-state index contributed by atoms with van der Waals surface area (Å²) >= 11 is 5.25. The Hall–Kier alpha value is -2.31. The SMILES string of the molecule is COc1ccc(NC(=S)NC[C@H](O)c2ccccc2)c(OC)c1. The van der Waals surface area contributed by atoms with Gasteiger partial charge in [-0.05, 0) is 29.9 Å². The molecule has 0 bridgehead atoms. The summed E-state index contributed by atoms with van der Waals surface area (Å²) in [5.41, 5.74) is 1.56. The molecular weight excluding hydrogens is 312 g/mol. The Morgan fingerprint density at radius 1 is 1.13 bits per heavy atom. The van der Waals surface area contributed by atoms with Crippen LogP contribution in [0, 0.1) is 0 Å². The number of anilines is 1. The molecule has 23 heavy (non-hydrogen) atoms. The van der Waals surface area contributed by atoms with Crippen LogP contribution in [0.4, 0.5) is 5.69 Å². The third-order valence-electron chi connectivity index (χ3n) is 3.30. The van der Waals surface area contributed by atoms with Gasteiger partial charge in [-0.15, -0.1) is 0 Å². The number of hydrogen-bond donors (Lipinski definition) is 3. The van der Waals surface area contributed by atoms with E-state index in [0.29, 0.717) is 23.2 Å². The fourth-order valence-electron chi connectivity index (χ4n) is 2.05. The number of benzene rings is 2. The molecule has 5 nitrogen and oxygen atoms in total. The van der Waals surface area contributed by atoms with Crippen LogP contribution in [0.25, 0.3) is 0 Å². The van der Waals surface area contributed by atoms with Gasteiger partial charge in [-0.2, -0.15) is 0 Å². The summed E-state index contributed by atoms with van der Waals surface area (Å²) in [5, 5.41) is 16.6. The highest BCUT2D eigenvalue weighted by atomic mass is 32.1. The fraction of sp³-hybridized carbons (Fsp3) is 0.235. The Kier molecular flexibility index (Phi) is 6.19. The molecule has 0 unspecified atom stereocenters. The van der Waals surface area contributed by atoms with Gasteiger partial charge in [0.15, 0.2) is 5.11 Å². The molecule has 2 aromatic rings. The first-order chi connectivity index (χ1) is 11.1. The van der Waals surface area contributed by atoms with E-state index in [4.69, 9.17) is 21.7 Å². The maximum absolute atomic E-state index is 10.1. The molecule has 6 heteroatoms. The van der Waals surface area contributed by atoms with Gasteiger partial charge < -0.3 is 25.2 Å². The van der Waals surface area contributed by atoms with Gasteiger partial charge >= 0.3 is 0 Å². The van der Waals surface area contributed by atoms with E-state index in [-0.39, 0.29) is 0 Å². The topological polar surface area (TPSA) is 62.8 Å². The van der Waals surface area contributed by atoms with Crippen LogP contribution in [-0.2, 0) is 0 Å². The van der Waals surface area contributed by atoms with E-state index in [2.05, 4.69) is 10.6 Å². The van der Waals surface area contributed by atoms with Crippen molar-refractivity contribution in [1.29, 1.82) is 0 Å². The van der Waals surface area contributed by atoms with Crippen molar-refractivity contribution < 1.29 is 14.6 Å².